The van der Waals surface area contributed by atoms with Gasteiger partial charge in [0.1, 0.15) is 0 Å². The van der Waals surface area contributed by atoms with Gasteiger partial charge in [-0.1, -0.05) is 13.8 Å². The highest BCUT2D eigenvalue weighted by Gasteiger charge is 2.21. The van der Waals surface area contributed by atoms with Gasteiger partial charge < -0.3 is 15.3 Å². The summed E-state index contributed by atoms with van der Waals surface area (Å²) in [5.74, 6) is 0.126. The number of likely N-dealkylation sites (N-methyl/N-ethyl adjacent to an activating group) is 1. The Labute approximate surface area is 99.0 Å². The number of rotatable bonds is 8. The van der Waals surface area contributed by atoms with Crippen molar-refractivity contribution in [3.8, 4) is 0 Å². The second-order valence-corrected chi connectivity index (χ2v) is 4.49. The number of nitrogens with zero attached hydrogens (tertiary/aromatic N) is 1. The normalized spacial score (nSPS) is 14.6. The molecule has 0 aromatic rings. The van der Waals surface area contributed by atoms with Gasteiger partial charge in [-0.2, -0.15) is 0 Å². The van der Waals surface area contributed by atoms with Gasteiger partial charge in [0.15, 0.2) is 0 Å². The molecule has 0 aliphatic heterocycles. The Hall–Kier alpha value is -0.610. The van der Waals surface area contributed by atoms with Gasteiger partial charge in [-0.3, -0.25) is 4.79 Å². The molecule has 0 spiro atoms. The van der Waals surface area contributed by atoms with Gasteiger partial charge in [0.05, 0.1) is 6.54 Å². The SMILES string of the molecule is CCN(CC)C(=O)CNCC(C)(CC)CO. The van der Waals surface area contributed by atoms with E-state index >= 15 is 0 Å². The van der Waals surface area contributed by atoms with E-state index in [9.17, 15) is 9.90 Å². The largest absolute Gasteiger partial charge is 0.396 e. The summed E-state index contributed by atoms with van der Waals surface area (Å²) in [5.41, 5.74) is -0.121. The van der Waals surface area contributed by atoms with Crippen molar-refractivity contribution >= 4 is 5.91 Å². The number of nitrogens with one attached hydrogen (secondary N) is 1. The maximum absolute atomic E-state index is 11.7. The number of carbonyl (C=O) groups is 1. The molecule has 4 nitrogen and oxygen atoms in total. The van der Waals surface area contributed by atoms with Crippen LogP contribution in [0.2, 0.25) is 0 Å². The number of carbonyl (C=O) groups excluding carboxylic acids is 1. The summed E-state index contributed by atoms with van der Waals surface area (Å²) in [6, 6.07) is 0. The Kier molecular flexibility index (Phi) is 7.34. The van der Waals surface area contributed by atoms with Crippen LogP contribution in [0.3, 0.4) is 0 Å². The van der Waals surface area contributed by atoms with E-state index in [-0.39, 0.29) is 17.9 Å². The van der Waals surface area contributed by atoms with E-state index in [1.165, 1.54) is 0 Å². The van der Waals surface area contributed by atoms with Crippen molar-refractivity contribution in [3.05, 3.63) is 0 Å². The Bertz CT molecular complexity index is 199. The molecule has 0 saturated heterocycles. The molecule has 1 amide bonds. The topological polar surface area (TPSA) is 52.6 Å². The van der Waals surface area contributed by atoms with E-state index in [4.69, 9.17) is 0 Å². The lowest BCUT2D eigenvalue weighted by molar-refractivity contribution is -0.129. The van der Waals surface area contributed by atoms with Gasteiger partial charge in [0.25, 0.3) is 0 Å². The molecule has 0 aliphatic carbocycles. The fraction of sp³-hybridized carbons (Fsp3) is 0.917. The average Bonchev–Trinajstić information content (AvgIpc) is 2.30. The molecule has 0 aliphatic rings. The third-order valence-corrected chi connectivity index (χ3v) is 3.18. The zero-order valence-electron chi connectivity index (χ0n) is 11.0. The fourth-order valence-corrected chi connectivity index (χ4v) is 1.45. The highest BCUT2D eigenvalue weighted by molar-refractivity contribution is 5.78. The lowest BCUT2D eigenvalue weighted by atomic mass is 9.89. The Morgan fingerprint density at radius 1 is 1.31 bits per heavy atom. The second kappa shape index (κ2) is 7.63. The summed E-state index contributed by atoms with van der Waals surface area (Å²) in [4.78, 5) is 13.5. The average molecular weight is 230 g/mol. The highest BCUT2D eigenvalue weighted by Crippen LogP contribution is 2.17. The van der Waals surface area contributed by atoms with Gasteiger partial charge >= 0.3 is 0 Å². The summed E-state index contributed by atoms with van der Waals surface area (Å²) in [5, 5.41) is 12.3. The van der Waals surface area contributed by atoms with Crippen LogP contribution in [-0.2, 0) is 4.79 Å². The summed E-state index contributed by atoms with van der Waals surface area (Å²) >= 11 is 0. The zero-order chi connectivity index (χ0) is 12.6. The van der Waals surface area contributed by atoms with Gasteiger partial charge in [-0.25, -0.2) is 0 Å². The van der Waals surface area contributed by atoms with Gasteiger partial charge in [-0.15, -0.1) is 0 Å². The van der Waals surface area contributed by atoms with Crippen molar-refractivity contribution < 1.29 is 9.90 Å². The maximum atomic E-state index is 11.7. The molecule has 0 saturated carbocycles. The molecule has 96 valence electrons. The molecule has 2 N–H and O–H groups in total. The fourth-order valence-electron chi connectivity index (χ4n) is 1.45. The van der Waals surface area contributed by atoms with Crippen LogP contribution in [0.15, 0.2) is 0 Å². The monoisotopic (exact) mass is 230 g/mol. The van der Waals surface area contributed by atoms with Gasteiger partial charge in [0.2, 0.25) is 5.91 Å². The molecule has 4 heteroatoms. The van der Waals surface area contributed by atoms with Crippen molar-refractivity contribution in [2.24, 2.45) is 5.41 Å². The smallest absolute Gasteiger partial charge is 0.236 e. The highest BCUT2D eigenvalue weighted by atomic mass is 16.3. The summed E-state index contributed by atoms with van der Waals surface area (Å²) in [6.07, 6.45) is 0.899. The quantitative estimate of drug-likeness (QED) is 0.650. The first-order chi connectivity index (χ1) is 7.52. The zero-order valence-corrected chi connectivity index (χ0v) is 11.0. The second-order valence-electron chi connectivity index (χ2n) is 4.49. The molecule has 1 atom stereocenters. The molecule has 0 fully saturated rings. The van der Waals surface area contributed by atoms with E-state index in [2.05, 4.69) is 5.32 Å². The first-order valence-electron chi connectivity index (χ1n) is 6.12. The first-order valence-corrected chi connectivity index (χ1v) is 6.12. The molecule has 0 aromatic heterocycles. The third kappa shape index (κ3) is 4.94. The number of aliphatic hydroxyl groups is 1. The molecule has 0 heterocycles. The first kappa shape index (κ1) is 15.4. The molecule has 0 aromatic carbocycles. The minimum absolute atomic E-state index is 0.121. The van der Waals surface area contributed by atoms with Crippen LogP contribution in [0, 0.1) is 5.41 Å². The summed E-state index contributed by atoms with van der Waals surface area (Å²) in [7, 11) is 0. The minimum Gasteiger partial charge on any atom is -0.396 e. The Balaban J connectivity index is 3.93. The molecule has 0 rings (SSSR count). The van der Waals surface area contributed by atoms with E-state index < -0.39 is 0 Å². The third-order valence-electron chi connectivity index (χ3n) is 3.18. The molecule has 0 radical (unpaired) electrons. The number of amides is 1. The predicted octanol–water partition coefficient (Wildman–Crippen LogP) is 0.853. The Morgan fingerprint density at radius 2 is 1.88 bits per heavy atom. The Morgan fingerprint density at radius 3 is 2.25 bits per heavy atom. The molecule has 1 unspecified atom stereocenters. The van der Waals surface area contributed by atoms with Crippen LogP contribution in [0.5, 0.6) is 0 Å². The van der Waals surface area contributed by atoms with Crippen LogP contribution in [0.4, 0.5) is 0 Å². The van der Waals surface area contributed by atoms with Crippen LogP contribution in [-0.4, -0.2) is 48.7 Å². The van der Waals surface area contributed by atoms with E-state index in [1.807, 2.05) is 27.7 Å². The molecular formula is C12H26N2O2. The predicted molar refractivity (Wildman–Crippen MR) is 66.3 cm³/mol. The lowest BCUT2D eigenvalue weighted by Crippen LogP contribution is -2.42. The summed E-state index contributed by atoms with van der Waals surface area (Å²) in [6.45, 7) is 10.7. The number of aliphatic hydroxyl groups excluding tert-OH is 1. The van der Waals surface area contributed by atoms with E-state index in [0.717, 1.165) is 19.5 Å². The lowest BCUT2D eigenvalue weighted by Gasteiger charge is -2.26. The standard InChI is InChI=1S/C12H26N2O2/c1-5-12(4,10-15)9-13-8-11(16)14(6-2)7-3/h13,15H,5-10H2,1-4H3. The van der Waals surface area contributed by atoms with Crippen LogP contribution in [0.1, 0.15) is 34.1 Å². The number of hydrogen-bond donors (Lipinski definition) is 2. The van der Waals surface area contributed by atoms with Crippen LogP contribution < -0.4 is 5.32 Å². The maximum Gasteiger partial charge on any atom is 0.236 e. The van der Waals surface area contributed by atoms with Gasteiger partial charge in [0, 0.05) is 31.7 Å². The van der Waals surface area contributed by atoms with Crippen molar-refractivity contribution in [1.82, 2.24) is 10.2 Å². The summed E-state index contributed by atoms with van der Waals surface area (Å²) < 4.78 is 0. The van der Waals surface area contributed by atoms with Crippen LogP contribution >= 0.6 is 0 Å². The molecular weight excluding hydrogens is 204 g/mol. The molecule has 0 bridgehead atoms. The van der Waals surface area contributed by atoms with E-state index in [1.54, 1.807) is 4.90 Å². The molecule has 16 heavy (non-hydrogen) atoms. The van der Waals surface area contributed by atoms with Crippen molar-refractivity contribution in [1.29, 1.82) is 0 Å². The van der Waals surface area contributed by atoms with Crippen LogP contribution in [0.25, 0.3) is 0 Å². The van der Waals surface area contributed by atoms with Crippen molar-refractivity contribution in [2.45, 2.75) is 34.1 Å². The van der Waals surface area contributed by atoms with Crippen molar-refractivity contribution in [3.63, 3.8) is 0 Å². The number of hydrogen-bond acceptors (Lipinski definition) is 3. The van der Waals surface area contributed by atoms with E-state index in [0.29, 0.717) is 13.1 Å². The van der Waals surface area contributed by atoms with Crippen molar-refractivity contribution in [2.75, 3.05) is 32.8 Å². The minimum atomic E-state index is -0.121. The van der Waals surface area contributed by atoms with Gasteiger partial charge in [-0.05, 0) is 20.3 Å².